The van der Waals surface area contributed by atoms with Gasteiger partial charge in [-0.2, -0.15) is 4.98 Å². The predicted octanol–water partition coefficient (Wildman–Crippen LogP) is 2.51. The van der Waals surface area contributed by atoms with E-state index < -0.39 is 0 Å². The first kappa shape index (κ1) is 17.1. The van der Waals surface area contributed by atoms with Crippen LogP contribution in [0.25, 0.3) is 11.4 Å². The fourth-order valence-corrected chi connectivity index (χ4v) is 2.41. The Hall–Kier alpha value is -2.21. The van der Waals surface area contributed by atoms with Crippen molar-refractivity contribution in [2.24, 2.45) is 0 Å². The van der Waals surface area contributed by atoms with E-state index in [0.717, 1.165) is 18.7 Å². The number of carbonyl (C=O) groups is 1. The number of aryl methyl sites for hydroxylation is 1. The fraction of sp³-hybridized carbons (Fsp3) is 0.471. The van der Waals surface area contributed by atoms with Crippen molar-refractivity contribution in [2.75, 3.05) is 19.6 Å². The molecular weight excluding hydrogens is 292 g/mol. The molecule has 0 aliphatic heterocycles. The predicted molar refractivity (Wildman–Crippen MR) is 89.2 cm³/mol. The van der Waals surface area contributed by atoms with Crippen LogP contribution in [0.1, 0.15) is 37.0 Å². The van der Waals surface area contributed by atoms with E-state index in [4.69, 9.17) is 4.52 Å². The van der Waals surface area contributed by atoms with Crippen LogP contribution in [0.2, 0.25) is 0 Å². The maximum absolute atomic E-state index is 12.3. The zero-order chi connectivity index (χ0) is 16.8. The van der Waals surface area contributed by atoms with Crippen LogP contribution in [-0.4, -0.2) is 46.6 Å². The molecule has 1 aromatic heterocycles. The molecule has 0 fully saturated rings. The van der Waals surface area contributed by atoms with Gasteiger partial charge in [-0.05, 0) is 32.5 Å². The molecule has 2 rings (SSSR count). The molecule has 1 amide bonds. The molecule has 0 saturated carbocycles. The Morgan fingerprint density at radius 3 is 2.78 bits per heavy atom. The Kier molecular flexibility index (Phi) is 5.87. The number of benzene rings is 1. The molecule has 2 aromatic rings. The average molecular weight is 316 g/mol. The minimum Gasteiger partial charge on any atom is -0.351 e. The minimum atomic E-state index is -0.0909. The highest BCUT2D eigenvalue weighted by Crippen LogP contribution is 2.17. The van der Waals surface area contributed by atoms with Crippen LogP contribution >= 0.6 is 0 Å². The van der Waals surface area contributed by atoms with E-state index in [0.29, 0.717) is 29.9 Å². The van der Waals surface area contributed by atoms with Crippen LogP contribution in [0.3, 0.4) is 0 Å². The van der Waals surface area contributed by atoms with Gasteiger partial charge in [-0.1, -0.05) is 24.2 Å². The summed E-state index contributed by atoms with van der Waals surface area (Å²) in [6.07, 6.45) is 0. The molecule has 0 spiro atoms. The largest absolute Gasteiger partial charge is 0.351 e. The summed E-state index contributed by atoms with van der Waals surface area (Å²) in [6.45, 7) is 10.6. The van der Waals surface area contributed by atoms with E-state index >= 15 is 0 Å². The SMILES string of the molecule is CCN(CCNC(=O)c1cccc(-c2noc(C)n2)c1)C(C)C. The van der Waals surface area contributed by atoms with Gasteiger partial charge in [0.1, 0.15) is 0 Å². The molecule has 1 aromatic carbocycles. The lowest BCUT2D eigenvalue weighted by Crippen LogP contribution is -2.38. The Morgan fingerprint density at radius 1 is 1.39 bits per heavy atom. The van der Waals surface area contributed by atoms with Gasteiger partial charge in [0.15, 0.2) is 0 Å². The average Bonchev–Trinajstić information content (AvgIpc) is 2.97. The number of aromatic nitrogens is 2. The van der Waals surface area contributed by atoms with E-state index in [1.807, 2.05) is 12.1 Å². The van der Waals surface area contributed by atoms with Crippen LogP contribution in [0.4, 0.5) is 0 Å². The Morgan fingerprint density at radius 2 is 2.17 bits per heavy atom. The number of nitrogens with zero attached hydrogens (tertiary/aromatic N) is 3. The number of amides is 1. The van der Waals surface area contributed by atoms with Crippen molar-refractivity contribution in [1.29, 1.82) is 0 Å². The first-order chi connectivity index (χ1) is 11.0. The normalized spacial score (nSPS) is 11.2. The van der Waals surface area contributed by atoms with E-state index in [9.17, 15) is 4.79 Å². The molecule has 0 radical (unpaired) electrons. The highest BCUT2D eigenvalue weighted by atomic mass is 16.5. The van der Waals surface area contributed by atoms with Crippen molar-refractivity contribution in [3.63, 3.8) is 0 Å². The third-order valence-corrected chi connectivity index (χ3v) is 3.73. The molecule has 6 nitrogen and oxygen atoms in total. The van der Waals surface area contributed by atoms with E-state index in [-0.39, 0.29) is 5.91 Å². The van der Waals surface area contributed by atoms with E-state index in [1.165, 1.54) is 0 Å². The Bertz CT molecular complexity index is 652. The number of rotatable bonds is 7. The minimum absolute atomic E-state index is 0.0909. The number of hydrogen-bond acceptors (Lipinski definition) is 5. The first-order valence-electron chi connectivity index (χ1n) is 7.94. The van der Waals surface area contributed by atoms with Crippen molar-refractivity contribution in [1.82, 2.24) is 20.4 Å². The van der Waals surface area contributed by atoms with Gasteiger partial charge in [0.05, 0.1) is 0 Å². The summed E-state index contributed by atoms with van der Waals surface area (Å²) >= 11 is 0. The molecule has 0 unspecified atom stereocenters. The molecule has 6 heteroatoms. The second kappa shape index (κ2) is 7.87. The first-order valence-corrected chi connectivity index (χ1v) is 7.94. The third-order valence-electron chi connectivity index (χ3n) is 3.73. The van der Waals surface area contributed by atoms with Gasteiger partial charge in [0.25, 0.3) is 5.91 Å². The van der Waals surface area contributed by atoms with Gasteiger partial charge in [-0.15, -0.1) is 0 Å². The molecule has 0 bridgehead atoms. The molecule has 23 heavy (non-hydrogen) atoms. The van der Waals surface area contributed by atoms with Gasteiger partial charge in [0, 0.05) is 37.2 Å². The summed E-state index contributed by atoms with van der Waals surface area (Å²) in [5, 5.41) is 6.84. The molecular formula is C17H24N4O2. The quantitative estimate of drug-likeness (QED) is 0.850. The van der Waals surface area contributed by atoms with Crippen molar-refractivity contribution in [3.8, 4) is 11.4 Å². The number of carbonyl (C=O) groups excluding carboxylic acids is 1. The smallest absolute Gasteiger partial charge is 0.251 e. The zero-order valence-corrected chi connectivity index (χ0v) is 14.2. The lowest BCUT2D eigenvalue weighted by Gasteiger charge is -2.24. The molecule has 1 N–H and O–H groups in total. The fourth-order valence-electron chi connectivity index (χ4n) is 2.41. The Balaban J connectivity index is 1.97. The molecule has 0 aliphatic carbocycles. The number of nitrogens with one attached hydrogen (secondary N) is 1. The highest BCUT2D eigenvalue weighted by molar-refractivity contribution is 5.95. The maximum atomic E-state index is 12.3. The van der Waals surface area contributed by atoms with Gasteiger partial charge >= 0.3 is 0 Å². The van der Waals surface area contributed by atoms with Crippen LogP contribution < -0.4 is 5.32 Å². The van der Waals surface area contributed by atoms with Crippen molar-refractivity contribution >= 4 is 5.91 Å². The van der Waals surface area contributed by atoms with E-state index in [2.05, 4.69) is 41.1 Å². The molecule has 0 aliphatic rings. The summed E-state index contributed by atoms with van der Waals surface area (Å²) in [7, 11) is 0. The second-order valence-electron chi connectivity index (χ2n) is 5.70. The second-order valence-corrected chi connectivity index (χ2v) is 5.70. The van der Waals surface area contributed by atoms with Crippen LogP contribution in [-0.2, 0) is 0 Å². The van der Waals surface area contributed by atoms with Gasteiger partial charge in [-0.25, -0.2) is 0 Å². The van der Waals surface area contributed by atoms with Gasteiger partial charge < -0.3 is 9.84 Å². The summed E-state index contributed by atoms with van der Waals surface area (Å²) in [5.74, 6) is 0.907. The molecule has 0 saturated heterocycles. The highest BCUT2D eigenvalue weighted by Gasteiger charge is 2.11. The maximum Gasteiger partial charge on any atom is 0.251 e. The summed E-state index contributed by atoms with van der Waals surface area (Å²) in [4.78, 5) is 18.8. The van der Waals surface area contributed by atoms with Crippen molar-refractivity contribution < 1.29 is 9.32 Å². The van der Waals surface area contributed by atoms with E-state index in [1.54, 1.807) is 19.1 Å². The lowest BCUT2D eigenvalue weighted by molar-refractivity contribution is 0.0946. The Labute approximate surface area is 136 Å². The standard InChI is InChI=1S/C17H24N4O2/c1-5-21(12(2)3)10-9-18-17(22)15-8-6-7-14(11-15)16-19-13(4)23-20-16/h6-8,11-12H,5,9-10H2,1-4H3,(H,18,22). The zero-order valence-electron chi connectivity index (χ0n) is 14.2. The number of hydrogen-bond donors (Lipinski definition) is 1. The molecule has 124 valence electrons. The van der Waals surface area contributed by atoms with Crippen LogP contribution in [0, 0.1) is 6.92 Å². The summed E-state index contributed by atoms with van der Waals surface area (Å²) in [6, 6.07) is 7.72. The lowest BCUT2D eigenvalue weighted by atomic mass is 10.1. The summed E-state index contributed by atoms with van der Waals surface area (Å²) in [5.41, 5.74) is 1.37. The van der Waals surface area contributed by atoms with Crippen LogP contribution in [0.15, 0.2) is 28.8 Å². The van der Waals surface area contributed by atoms with Gasteiger partial charge in [-0.3, -0.25) is 9.69 Å². The van der Waals surface area contributed by atoms with Crippen molar-refractivity contribution in [3.05, 3.63) is 35.7 Å². The number of likely N-dealkylation sites (N-methyl/N-ethyl adjacent to an activating group) is 1. The third kappa shape index (κ3) is 4.63. The van der Waals surface area contributed by atoms with Gasteiger partial charge in [0.2, 0.25) is 11.7 Å². The van der Waals surface area contributed by atoms with Crippen molar-refractivity contribution in [2.45, 2.75) is 33.7 Å². The van der Waals surface area contributed by atoms with Crippen LogP contribution in [0.5, 0.6) is 0 Å². The monoisotopic (exact) mass is 316 g/mol. The topological polar surface area (TPSA) is 71.3 Å². The summed E-state index contributed by atoms with van der Waals surface area (Å²) < 4.78 is 4.98. The molecule has 1 heterocycles. The molecule has 0 atom stereocenters.